The molecule has 0 aliphatic carbocycles. The van der Waals surface area contributed by atoms with E-state index in [1.807, 2.05) is 30.3 Å². The van der Waals surface area contributed by atoms with Gasteiger partial charge in [0.05, 0.1) is 0 Å². The third kappa shape index (κ3) is 5.11. The van der Waals surface area contributed by atoms with Crippen LogP contribution in [0, 0.1) is 0 Å². The summed E-state index contributed by atoms with van der Waals surface area (Å²) in [6.07, 6.45) is 2.38. The van der Waals surface area contributed by atoms with Crippen LogP contribution in [0.1, 0.15) is 26.3 Å². The average molecular weight is 308 g/mol. The molecule has 0 radical (unpaired) electrons. The van der Waals surface area contributed by atoms with E-state index in [1.165, 1.54) is 5.56 Å². The molecule has 0 bridgehead atoms. The number of nitrogens with one attached hydrogen (secondary N) is 2. The van der Waals surface area contributed by atoms with Gasteiger partial charge in [-0.3, -0.25) is 9.59 Å². The fourth-order valence-electron chi connectivity index (χ4n) is 2.14. The zero-order valence-electron chi connectivity index (χ0n) is 12.9. The van der Waals surface area contributed by atoms with Crippen molar-refractivity contribution in [1.82, 2.24) is 10.6 Å². The zero-order chi connectivity index (χ0) is 16.5. The van der Waals surface area contributed by atoms with Gasteiger partial charge in [-0.25, -0.2) is 0 Å². The first-order valence-corrected chi connectivity index (χ1v) is 7.52. The molecule has 0 heterocycles. The number of benzene rings is 2. The van der Waals surface area contributed by atoms with Crippen molar-refractivity contribution in [2.24, 2.45) is 0 Å². The molecule has 23 heavy (non-hydrogen) atoms. The Morgan fingerprint density at radius 2 is 1.57 bits per heavy atom. The molecule has 0 aromatic heterocycles. The molecule has 0 aliphatic heterocycles. The van der Waals surface area contributed by atoms with Gasteiger partial charge in [-0.05, 0) is 30.2 Å². The van der Waals surface area contributed by atoms with Crippen molar-refractivity contribution in [3.8, 4) is 0 Å². The number of hydrogen-bond donors (Lipinski definition) is 2. The summed E-state index contributed by atoms with van der Waals surface area (Å²) in [5, 5.41) is 5.56. The molecule has 2 aromatic carbocycles. The largest absolute Gasteiger partial charge is 0.352 e. The third-order valence-corrected chi connectivity index (χ3v) is 3.34. The fraction of sp³-hybridized carbons (Fsp3) is 0.158. The number of carbonyl (C=O) groups is 2. The van der Waals surface area contributed by atoms with Crippen molar-refractivity contribution in [3.05, 3.63) is 83.9 Å². The van der Waals surface area contributed by atoms with Crippen LogP contribution < -0.4 is 10.6 Å². The van der Waals surface area contributed by atoms with Crippen molar-refractivity contribution in [1.29, 1.82) is 0 Å². The normalized spacial score (nSPS) is 9.91. The lowest BCUT2D eigenvalue weighted by Crippen LogP contribution is -2.27. The second-order valence-electron chi connectivity index (χ2n) is 5.07. The Bertz CT molecular complexity index is 681. The van der Waals surface area contributed by atoms with Gasteiger partial charge in [0.2, 0.25) is 0 Å². The lowest BCUT2D eigenvalue weighted by molar-refractivity contribution is 0.0954. The molecular formula is C19H20N2O2. The molecule has 0 saturated heterocycles. The van der Waals surface area contributed by atoms with E-state index >= 15 is 0 Å². The van der Waals surface area contributed by atoms with Gasteiger partial charge in [0.15, 0.2) is 0 Å². The van der Waals surface area contributed by atoms with E-state index in [0.717, 1.165) is 6.42 Å². The molecule has 4 heteroatoms. The van der Waals surface area contributed by atoms with Crippen LogP contribution in [-0.4, -0.2) is 24.9 Å². The second-order valence-corrected chi connectivity index (χ2v) is 5.07. The maximum Gasteiger partial charge on any atom is 0.251 e. The Labute approximate surface area is 136 Å². The highest BCUT2D eigenvalue weighted by atomic mass is 16.2. The minimum absolute atomic E-state index is 0.181. The highest BCUT2D eigenvalue weighted by Gasteiger charge is 2.09. The quantitative estimate of drug-likeness (QED) is 0.772. The predicted octanol–water partition coefficient (Wildman–Crippen LogP) is 2.57. The Balaban J connectivity index is 1.91. The van der Waals surface area contributed by atoms with E-state index in [9.17, 15) is 9.59 Å². The van der Waals surface area contributed by atoms with Crippen LogP contribution in [-0.2, 0) is 6.42 Å². The van der Waals surface area contributed by atoms with Gasteiger partial charge in [0, 0.05) is 24.2 Å². The maximum atomic E-state index is 12.2. The van der Waals surface area contributed by atoms with Crippen molar-refractivity contribution in [2.75, 3.05) is 13.1 Å². The van der Waals surface area contributed by atoms with Crippen LogP contribution in [0.2, 0.25) is 0 Å². The van der Waals surface area contributed by atoms with Gasteiger partial charge in [0.1, 0.15) is 0 Å². The predicted molar refractivity (Wildman–Crippen MR) is 91.5 cm³/mol. The smallest absolute Gasteiger partial charge is 0.251 e. The number of amides is 2. The number of carbonyl (C=O) groups excluding carboxylic acids is 2. The molecule has 2 rings (SSSR count). The van der Waals surface area contributed by atoms with E-state index < -0.39 is 0 Å². The minimum Gasteiger partial charge on any atom is -0.352 e. The highest BCUT2D eigenvalue weighted by Crippen LogP contribution is 2.06. The number of rotatable bonds is 7. The summed E-state index contributed by atoms with van der Waals surface area (Å²) in [5.74, 6) is -0.400. The summed E-state index contributed by atoms with van der Waals surface area (Å²) in [4.78, 5) is 24.1. The van der Waals surface area contributed by atoms with Crippen molar-refractivity contribution < 1.29 is 9.59 Å². The molecule has 0 unspecified atom stereocenters. The van der Waals surface area contributed by atoms with E-state index in [-0.39, 0.29) is 11.8 Å². The van der Waals surface area contributed by atoms with E-state index in [2.05, 4.69) is 17.2 Å². The standard InChI is InChI=1S/C19H20N2O2/c1-2-12-20-18(22)16-9-6-10-17(14-16)19(23)21-13-11-15-7-4-3-5-8-15/h2-10,14H,1,11-13H2,(H,20,22)(H,21,23). The topological polar surface area (TPSA) is 58.2 Å². The van der Waals surface area contributed by atoms with Gasteiger partial charge in [-0.1, -0.05) is 42.5 Å². The van der Waals surface area contributed by atoms with Gasteiger partial charge in [-0.15, -0.1) is 6.58 Å². The van der Waals surface area contributed by atoms with Gasteiger partial charge in [-0.2, -0.15) is 0 Å². The summed E-state index contributed by atoms with van der Waals surface area (Å²) in [6, 6.07) is 16.6. The Morgan fingerprint density at radius 3 is 2.22 bits per heavy atom. The summed E-state index contributed by atoms with van der Waals surface area (Å²) in [5.41, 5.74) is 2.11. The molecule has 2 N–H and O–H groups in total. The highest BCUT2D eigenvalue weighted by molar-refractivity contribution is 5.99. The molecule has 0 saturated carbocycles. The summed E-state index contributed by atoms with van der Waals surface area (Å²) in [7, 11) is 0. The molecule has 118 valence electrons. The fourth-order valence-corrected chi connectivity index (χ4v) is 2.14. The lowest BCUT2D eigenvalue weighted by Gasteiger charge is -2.07. The van der Waals surface area contributed by atoms with Crippen LogP contribution in [0.25, 0.3) is 0 Å². The van der Waals surface area contributed by atoms with E-state index in [1.54, 1.807) is 30.3 Å². The second kappa shape index (κ2) is 8.54. The van der Waals surface area contributed by atoms with Crippen LogP contribution >= 0.6 is 0 Å². The molecule has 2 aromatic rings. The molecule has 0 aliphatic rings. The average Bonchev–Trinajstić information content (AvgIpc) is 2.60. The summed E-state index contributed by atoms with van der Waals surface area (Å²) >= 11 is 0. The molecular weight excluding hydrogens is 288 g/mol. The van der Waals surface area contributed by atoms with Gasteiger partial charge >= 0.3 is 0 Å². The molecule has 0 spiro atoms. The SMILES string of the molecule is C=CCNC(=O)c1cccc(C(=O)NCCc2ccccc2)c1. The Hall–Kier alpha value is -2.88. The molecule has 0 atom stereocenters. The molecule has 2 amide bonds. The first kappa shape index (κ1) is 16.5. The zero-order valence-corrected chi connectivity index (χ0v) is 12.9. The first-order valence-electron chi connectivity index (χ1n) is 7.52. The number of hydrogen-bond acceptors (Lipinski definition) is 2. The Kier molecular flexibility index (Phi) is 6.12. The van der Waals surface area contributed by atoms with Gasteiger partial charge < -0.3 is 10.6 Å². The van der Waals surface area contributed by atoms with Crippen LogP contribution in [0.5, 0.6) is 0 Å². The molecule has 0 fully saturated rings. The summed E-state index contributed by atoms with van der Waals surface area (Å²) in [6.45, 7) is 4.50. The van der Waals surface area contributed by atoms with Crippen molar-refractivity contribution >= 4 is 11.8 Å². The van der Waals surface area contributed by atoms with Crippen molar-refractivity contribution in [3.63, 3.8) is 0 Å². The van der Waals surface area contributed by atoms with Crippen LogP contribution in [0.15, 0.2) is 67.3 Å². The van der Waals surface area contributed by atoms with Gasteiger partial charge in [0.25, 0.3) is 11.8 Å². The monoisotopic (exact) mass is 308 g/mol. The summed E-state index contributed by atoms with van der Waals surface area (Å²) < 4.78 is 0. The van der Waals surface area contributed by atoms with E-state index in [0.29, 0.717) is 24.2 Å². The van der Waals surface area contributed by atoms with Crippen LogP contribution in [0.4, 0.5) is 0 Å². The lowest BCUT2D eigenvalue weighted by atomic mass is 10.1. The molecule has 4 nitrogen and oxygen atoms in total. The van der Waals surface area contributed by atoms with Crippen LogP contribution in [0.3, 0.4) is 0 Å². The third-order valence-electron chi connectivity index (χ3n) is 3.34. The van der Waals surface area contributed by atoms with Crippen molar-refractivity contribution in [2.45, 2.75) is 6.42 Å². The maximum absolute atomic E-state index is 12.2. The minimum atomic E-state index is -0.219. The Morgan fingerprint density at radius 1 is 0.913 bits per heavy atom. The first-order chi connectivity index (χ1) is 11.2. The van der Waals surface area contributed by atoms with E-state index in [4.69, 9.17) is 0 Å².